The fraction of sp³-hybridized carbons (Fsp3) is 0.143. The minimum atomic E-state index is -0.503. The van der Waals surface area contributed by atoms with Gasteiger partial charge in [-0.15, -0.1) is 0 Å². The van der Waals surface area contributed by atoms with E-state index in [1.807, 2.05) is 24.3 Å². The summed E-state index contributed by atoms with van der Waals surface area (Å²) in [7, 11) is 0. The second-order valence-electron chi connectivity index (χ2n) is 4.37. The maximum absolute atomic E-state index is 10.6. The van der Waals surface area contributed by atoms with E-state index in [1.165, 1.54) is 0 Å². The number of fused-ring (bicyclic) bond motifs is 3. The topological polar surface area (TPSA) is 71.8 Å². The minimum absolute atomic E-state index is 0.437. The van der Waals surface area contributed by atoms with Crippen LogP contribution in [-0.2, 0) is 11.2 Å². The van der Waals surface area contributed by atoms with Crippen LogP contribution < -0.4 is 5.73 Å². The third-order valence-corrected chi connectivity index (χ3v) is 3.03. The summed E-state index contributed by atoms with van der Waals surface area (Å²) in [6.07, 6.45) is 1.18. The molecule has 4 heteroatoms. The predicted molar refractivity (Wildman–Crippen MR) is 71.3 cm³/mol. The summed E-state index contributed by atoms with van der Waals surface area (Å²) in [5, 5.41) is 2.26. The molecule has 3 aromatic rings. The van der Waals surface area contributed by atoms with Crippen LogP contribution in [0.15, 0.2) is 36.4 Å². The molecule has 90 valence electrons. The Morgan fingerprint density at radius 3 is 2.94 bits per heavy atom. The Kier molecular flexibility index (Phi) is 2.57. The second-order valence-corrected chi connectivity index (χ2v) is 4.37. The molecule has 0 aliphatic heterocycles. The van der Waals surface area contributed by atoms with E-state index in [-0.39, 0.29) is 0 Å². The van der Waals surface area contributed by atoms with Crippen LogP contribution in [0.2, 0.25) is 0 Å². The van der Waals surface area contributed by atoms with Crippen molar-refractivity contribution in [3.63, 3.8) is 0 Å². The van der Waals surface area contributed by atoms with Crippen molar-refractivity contribution in [3.8, 4) is 0 Å². The van der Waals surface area contributed by atoms with Crippen LogP contribution in [-0.4, -0.2) is 22.3 Å². The number of nitrogens with one attached hydrogen (secondary N) is 1. The van der Waals surface area contributed by atoms with Gasteiger partial charge in [0.15, 0.2) is 0 Å². The lowest BCUT2D eigenvalue weighted by Gasteiger charge is -1.98. The number of rotatable bonds is 3. The standard InChI is InChI=1S/C14H13N3O/c15-10(8-18)7-13-16-12-6-5-9-3-1-2-4-11(9)14(12)17-13/h1-6,8,10H,7,15H2,(H,16,17)/t10-/m1/s1. The summed E-state index contributed by atoms with van der Waals surface area (Å²) in [5.74, 6) is 0.751. The number of hydrogen-bond donors (Lipinski definition) is 2. The van der Waals surface area contributed by atoms with Gasteiger partial charge in [0.2, 0.25) is 0 Å². The Labute approximate surface area is 104 Å². The number of imidazole rings is 1. The van der Waals surface area contributed by atoms with Crippen molar-refractivity contribution in [3.05, 3.63) is 42.2 Å². The van der Waals surface area contributed by atoms with Gasteiger partial charge in [-0.25, -0.2) is 4.98 Å². The van der Waals surface area contributed by atoms with Gasteiger partial charge in [0.05, 0.1) is 17.1 Å². The van der Waals surface area contributed by atoms with Crippen molar-refractivity contribution < 1.29 is 4.79 Å². The van der Waals surface area contributed by atoms with E-state index in [1.54, 1.807) is 0 Å². The van der Waals surface area contributed by atoms with Gasteiger partial charge >= 0.3 is 0 Å². The molecule has 3 rings (SSSR count). The zero-order valence-corrected chi connectivity index (χ0v) is 9.76. The highest BCUT2D eigenvalue weighted by Crippen LogP contribution is 2.23. The van der Waals surface area contributed by atoms with Gasteiger partial charge in [-0.2, -0.15) is 0 Å². The number of hydrogen-bond acceptors (Lipinski definition) is 3. The number of H-pyrrole nitrogens is 1. The molecule has 1 atom stereocenters. The molecule has 0 fully saturated rings. The highest BCUT2D eigenvalue weighted by atomic mass is 16.1. The molecule has 0 saturated carbocycles. The normalized spacial score (nSPS) is 12.9. The molecule has 3 N–H and O–H groups in total. The zero-order chi connectivity index (χ0) is 12.5. The van der Waals surface area contributed by atoms with Gasteiger partial charge in [-0.1, -0.05) is 30.3 Å². The summed E-state index contributed by atoms with van der Waals surface area (Å²) in [6.45, 7) is 0. The molecule has 1 heterocycles. The number of nitrogens with zero attached hydrogens (tertiary/aromatic N) is 1. The number of aldehydes is 1. The third kappa shape index (κ3) is 1.76. The Balaban J connectivity index is 2.16. The van der Waals surface area contributed by atoms with Crippen LogP contribution in [0.5, 0.6) is 0 Å². The van der Waals surface area contributed by atoms with E-state index in [4.69, 9.17) is 5.73 Å². The van der Waals surface area contributed by atoms with E-state index in [2.05, 4.69) is 22.1 Å². The Morgan fingerprint density at radius 1 is 1.28 bits per heavy atom. The van der Waals surface area contributed by atoms with Crippen LogP contribution in [0, 0.1) is 0 Å². The smallest absolute Gasteiger partial charge is 0.137 e. The van der Waals surface area contributed by atoms with E-state index in [0.717, 1.165) is 33.9 Å². The molecule has 0 bridgehead atoms. The molecule has 0 radical (unpaired) electrons. The van der Waals surface area contributed by atoms with Crippen molar-refractivity contribution in [2.45, 2.75) is 12.5 Å². The molecule has 0 aliphatic carbocycles. The molecular formula is C14H13N3O. The van der Waals surface area contributed by atoms with E-state index >= 15 is 0 Å². The Hall–Kier alpha value is -2.20. The fourth-order valence-electron chi connectivity index (χ4n) is 2.16. The molecule has 18 heavy (non-hydrogen) atoms. The molecule has 2 aromatic carbocycles. The molecule has 1 aromatic heterocycles. The molecule has 0 amide bonds. The van der Waals surface area contributed by atoms with Crippen molar-refractivity contribution in [2.24, 2.45) is 5.73 Å². The summed E-state index contributed by atoms with van der Waals surface area (Å²) in [5.41, 5.74) is 7.52. The fourth-order valence-corrected chi connectivity index (χ4v) is 2.16. The number of benzene rings is 2. The van der Waals surface area contributed by atoms with E-state index in [9.17, 15) is 4.79 Å². The zero-order valence-electron chi connectivity index (χ0n) is 9.76. The van der Waals surface area contributed by atoms with Crippen LogP contribution in [0.4, 0.5) is 0 Å². The number of aromatic nitrogens is 2. The highest BCUT2D eigenvalue weighted by molar-refractivity contribution is 6.04. The largest absolute Gasteiger partial charge is 0.342 e. The van der Waals surface area contributed by atoms with Gasteiger partial charge in [0, 0.05) is 11.8 Å². The number of carbonyl (C=O) groups excluding carboxylic acids is 1. The Bertz CT molecular complexity index is 717. The number of nitrogens with two attached hydrogens (primary N) is 1. The lowest BCUT2D eigenvalue weighted by molar-refractivity contribution is -0.108. The van der Waals surface area contributed by atoms with Crippen LogP contribution in [0.1, 0.15) is 5.82 Å². The van der Waals surface area contributed by atoms with Crippen molar-refractivity contribution in [1.82, 2.24) is 9.97 Å². The van der Waals surface area contributed by atoms with Crippen LogP contribution in [0.25, 0.3) is 21.8 Å². The quantitative estimate of drug-likeness (QED) is 0.684. The van der Waals surface area contributed by atoms with Gasteiger partial charge in [-0.3, -0.25) is 0 Å². The Morgan fingerprint density at radius 2 is 2.11 bits per heavy atom. The first kappa shape index (κ1) is 10.9. The monoisotopic (exact) mass is 239 g/mol. The first-order valence-electron chi connectivity index (χ1n) is 5.85. The SMILES string of the molecule is N[C@@H](C=O)Cc1nc2c(ccc3ccccc32)[nH]1. The third-order valence-electron chi connectivity index (χ3n) is 3.03. The van der Waals surface area contributed by atoms with Crippen molar-refractivity contribution in [2.75, 3.05) is 0 Å². The summed E-state index contributed by atoms with van der Waals surface area (Å²) >= 11 is 0. The number of carbonyl (C=O) groups is 1. The first-order valence-corrected chi connectivity index (χ1v) is 5.85. The minimum Gasteiger partial charge on any atom is -0.342 e. The van der Waals surface area contributed by atoms with Crippen LogP contribution in [0.3, 0.4) is 0 Å². The molecular weight excluding hydrogens is 226 g/mol. The molecule has 0 unspecified atom stereocenters. The van der Waals surface area contributed by atoms with Crippen LogP contribution >= 0.6 is 0 Å². The average Bonchev–Trinajstić information content (AvgIpc) is 2.81. The first-order chi connectivity index (χ1) is 8.78. The van der Waals surface area contributed by atoms with Gasteiger partial charge in [0.25, 0.3) is 0 Å². The van der Waals surface area contributed by atoms with E-state index < -0.39 is 6.04 Å². The van der Waals surface area contributed by atoms with Crippen molar-refractivity contribution in [1.29, 1.82) is 0 Å². The maximum atomic E-state index is 10.6. The van der Waals surface area contributed by atoms with Gasteiger partial charge in [0.1, 0.15) is 12.1 Å². The molecule has 0 aliphatic rings. The summed E-state index contributed by atoms with van der Waals surface area (Å²) in [6, 6.07) is 11.6. The maximum Gasteiger partial charge on any atom is 0.137 e. The van der Waals surface area contributed by atoms with Gasteiger partial charge in [-0.05, 0) is 11.5 Å². The molecule has 0 spiro atoms. The lowest BCUT2D eigenvalue weighted by atomic mass is 10.1. The van der Waals surface area contributed by atoms with Gasteiger partial charge < -0.3 is 15.5 Å². The summed E-state index contributed by atoms with van der Waals surface area (Å²) in [4.78, 5) is 18.3. The molecule has 4 nitrogen and oxygen atoms in total. The van der Waals surface area contributed by atoms with E-state index in [0.29, 0.717) is 6.42 Å². The average molecular weight is 239 g/mol. The highest BCUT2D eigenvalue weighted by Gasteiger charge is 2.09. The predicted octanol–water partition coefficient (Wildman–Crippen LogP) is 1.78. The summed E-state index contributed by atoms with van der Waals surface area (Å²) < 4.78 is 0. The number of aromatic amines is 1. The lowest BCUT2D eigenvalue weighted by Crippen LogP contribution is -2.24. The molecule has 0 saturated heterocycles. The van der Waals surface area contributed by atoms with Crippen molar-refractivity contribution >= 4 is 28.1 Å². The second kappa shape index (κ2) is 4.23.